The molecule has 0 spiro atoms. The number of benzene rings is 1. The van der Waals surface area contributed by atoms with E-state index in [1.54, 1.807) is 17.5 Å². The number of thiophene rings is 1. The lowest BCUT2D eigenvalue weighted by Gasteiger charge is -2.24. The second-order valence-electron chi connectivity index (χ2n) is 7.07. The number of aryl methyl sites for hydroxylation is 2. The van der Waals surface area contributed by atoms with Crippen LogP contribution in [0.15, 0.2) is 54.9 Å². The van der Waals surface area contributed by atoms with Crippen molar-refractivity contribution in [3.63, 3.8) is 0 Å². The van der Waals surface area contributed by atoms with E-state index < -0.39 is 0 Å². The molecule has 2 aliphatic rings. The maximum Gasteiger partial charge on any atom is 0.264 e. The minimum absolute atomic E-state index is 0.155. The molecule has 1 atom stereocenters. The van der Waals surface area contributed by atoms with Gasteiger partial charge < -0.3 is 4.90 Å². The number of hydrogen-bond acceptors (Lipinski definition) is 3. The number of hydrogen-bond donors (Lipinski definition) is 0. The molecule has 130 valence electrons. The molecule has 5 rings (SSSR count). The Morgan fingerprint density at radius 2 is 2.00 bits per heavy atom. The quantitative estimate of drug-likeness (QED) is 0.652. The normalized spacial score (nSPS) is 18.5. The van der Waals surface area contributed by atoms with Crippen LogP contribution in [-0.2, 0) is 12.8 Å². The second-order valence-corrected chi connectivity index (χ2v) is 8.12. The van der Waals surface area contributed by atoms with Gasteiger partial charge in [-0.25, -0.2) is 0 Å². The van der Waals surface area contributed by atoms with Crippen LogP contribution in [0.3, 0.4) is 0 Å². The van der Waals surface area contributed by atoms with Crippen LogP contribution >= 0.6 is 11.3 Å². The lowest BCUT2D eigenvalue weighted by atomic mass is 9.91. The van der Waals surface area contributed by atoms with Gasteiger partial charge in [0.25, 0.3) is 5.91 Å². The maximum absolute atomic E-state index is 13.3. The topological polar surface area (TPSA) is 33.2 Å². The van der Waals surface area contributed by atoms with Crippen molar-refractivity contribution in [1.29, 1.82) is 0 Å². The highest BCUT2D eigenvalue weighted by molar-refractivity contribution is 7.17. The molecule has 1 aliphatic carbocycles. The smallest absolute Gasteiger partial charge is 0.264 e. The highest BCUT2D eigenvalue weighted by Crippen LogP contribution is 2.41. The second kappa shape index (κ2) is 6.36. The van der Waals surface area contributed by atoms with Gasteiger partial charge in [-0.3, -0.25) is 9.78 Å². The first-order chi connectivity index (χ1) is 12.8. The van der Waals surface area contributed by atoms with Gasteiger partial charge in [-0.1, -0.05) is 30.3 Å². The molecule has 1 aliphatic heterocycles. The van der Waals surface area contributed by atoms with Crippen molar-refractivity contribution in [2.75, 3.05) is 6.54 Å². The molecule has 0 radical (unpaired) electrons. The van der Waals surface area contributed by atoms with Gasteiger partial charge in [-0.2, -0.15) is 0 Å². The van der Waals surface area contributed by atoms with Crippen molar-refractivity contribution in [2.45, 2.75) is 31.7 Å². The monoisotopic (exact) mass is 360 g/mol. The average Bonchev–Trinajstić information content (AvgIpc) is 3.35. The number of nitrogens with zero attached hydrogens (tertiary/aromatic N) is 2. The van der Waals surface area contributed by atoms with Crippen LogP contribution in [0.4, 0.5) is 0 Å². The van der Waals surface area contributed by atoms with Crippen LogP contribution in [0.2, 0.25) is 0 Å². The van der Waals surface area contributed by atoms with Crippen molar-refractivity contribution in [2.24, 2.45) is 0 Å². The number of amides is 1. The number of carbonyl (C=O) groups excluding carboxylic acids is 1. The number of carbonyl (C=O) groups is 1. The Kier molecular flexibility index (Phi) is 3.86. The summed E-state index contributed by atoms with van der Waals surface area (Å²) in [6, 6.07) is 14.9. The van der Waals surface area contributed by atoms with Gasteiger partial charge in [0.2, 0.25) is 0 Å². The lowest BCUT2D eigenvalue weighted by molar-refractivity contribution is 0.0740. The van der Waals surface area contributed by atoms with Gasteiger partial charge in [0.05, 0.1) is 10.9 Å². The van der Waals surface area contributed by atoms with Gasteiger partial charge in [0.15, 0.2) is 0 Å². The minimum Gasteiger partial charge on any atom is -0.331 e. The minimum atomic E-state index is 0.155. The Bertz CT molecular complexity index is 963. The van der Waals surface area contributed by atoms with E-state index >= 15 is 0 Å². The molecule has 0 unspecified atom stereocenters. The molecule has 0 bridgehead atoms. The SMILES string of the molecule is O=C(c1cc2c(s1)-c1ccccc1CC2)N1CCC[C@H]1c1cccnc1. The highest BCUT2D eigenvalue weighted by Gasteiger charge is 2.32. The van der Waals surface area contributed by atoms with Crippen LogP contribution < -0.4 is 0 Å². The Morgan fingerprint density at radius 3 is 2.88 bits per heavy atom. The average molecular weight is 360 g/mol. The molecule has 1 aromatic carbocycles. The lowest BCUT2D eigenvalue weighted by Crippen LogP contribution is -2.30. The van der Waals surface area contributed by atoms with Crippen LogP contribution in [0.1, 0.15) is 45.2 Å². The molecule has 26 heavy (non-hydrogen) atoms. The van der Waals surface area contributed by atoms with E-state index in [9.17, 15) is 4.79 Å². The molecular formula is C22H20N2OS. The van der Waals surface area contributed by atoms with Crippen molar-refractivity contribution in [3.8, 4) is 10.4 Å². The largest absolute Gasteiger partial charge is 0.331 e. The van der Waals surface area contributed by atoms with E-state index in [0.717, 1.165) is 42.7 Å². The van der Waals surface area contributed by atoms with E-state index in [-0.39, 0.29) is 11.9 Å². The molecule has 1 saturated heterocycles. The maximum atomic E-state index is 13.3. The molecule has 0 saturated carbocycles. The molecule has 3 heterocycles. The van der Waals surface area contributed by atoms with Crippen LogP contribution in [0.25, 0.3) is 10.4 Å². The third-order valence-electron chi connectivity index (χ3n) is 5.53. The summed E-state index contributed by atoms with van der Waals surface area (Å²) >= 11 is 1.66. The van der Waals surface area contributed by atoms with Crippen molar-refractivity contribution in [3.05, 3.63) is 76.4 Å². The van der Waals surface area contributed by atoms with Gasteiger partial charge in [-0.05, 0) is 60.1 Å². The summed E-state index contributed by atoms with van der Waals surface area (Å²) in [6.07, 6.45) is 7.85. The molecule has 0 N–H and O–H groups in total. The number of pyridine rings is 1. The summed E-state index contributed by atoms with van der Waals surface area (Å²) in [5, 5.41) is 0. The fourth-order valence-electron chi connectivity index (χ4n) is 4.25. The number of likely N-dealkylation sites (tertiary alicyclic amines) is 1. The Hall–Kier alpha value is -2.46. The fraction of sp³-hybridized carbons (Fsp3) is 0.273. The fourth-order valence-corrected chi connectivity index (χ4v) is 5.47. The predicted octanol–water partition coefficient (Wildman–Crippen LogP) is 4.89. The van der Waals surface area contributed by atoms with E-state index in [4.69, 9.17) is 0 Å². The first kappa shape index (κ1) is 15.8. The van der Waals surface area contributed by atoms with Crippen LogP contribution in [-0.4, -0.2) is 22.3 Å². The molecule has 1 amide bonds. The van der Waals surface area contributed by atoms with E-state index in [1.165, 1.54) is 21.6 Å². The number of rotatable bonds is 2. The number of aromatic nitrogens is 1. The third kappa shape index (κ3) is 2.56. The first-order valence-corrected chi connectivity index (χ1v) is 10.0. The van der Waals surface area contributed by atoms with Crippen LogP contribution in [0.5, 0.6) is 0 Å². The zero-order valence-electron chi connectivity index (χ0n) is 14.5. The third-order valence-corrected chi connectivity index (χ3v) is 6.73. The van der Waals surface area contributed by atoms with Crippen molar-refractivity contribution < 1.29 is 4.79 Å². The molecule has 3 aromatic rings. The zero-order chi connectivity index (χ0) is 17.5. The Balaban J connectivity index is 1.48. The zero-order valence-corrected chi connectivity index (χ0v) is 15.3. The molecule has 3 nitrogen and oxygen atoms in total. The van der Waals surface area contributed by atoms with E-state index in [2.05, 4.69) is 41.4 Å². The number of fused-ring (bicyclic) bond motifs is 3. The molecule has 1 fully saturated rings. The molecular weight excluding hydrogens is 340 g/mol. The summed E-state index contributed by atoms with van der Waals surface area (Å²) in [4.78, 5) is 21.7. The van der Waals surface area contributed by atoms with Crippen molar-refractivity contribution in [1.82, 2.24) is 9.88 Å². The van der Waals surface area contributed by atoms with Gasteiger partial charge >= 0.3 is 0 Å². The van der Waals surface area contributed by atoms with Crippen LogP contribution in [0, 0.1) is 0 Å². The summed E-state index contributed by atoms with van der Waals surface area (Å²) in [7, 11) is 0. The van der Waals surface area contributed by atoms with Crippen molar-refractivity contribution >= 4 is 17.2 Å². The first-order valence-electron chi connectivity index (χ1n) is 9.23. The summed E-state index contributed by atoms with van der Waals surface area (Å²) in [5.74, 6) is 0.174. The standard InChI is InChI=1S/C22H20N2OS/c25-22(24-12-4-8-19(24)17-6-3-11-23-14-17)20-13-16-10-9-15-5-1-2-7-18(15)21(16)26-20/h1-3,5-7,11,13-14,19H,4,8-10,12H2/t19-/m0/s1. The van der Waals surface area contributed by atoms with Gasteiger partial charge in [0.1, 0.15) is 0 Å². The van der Waals surface area contributed by atoms with E-state index in [0.29, 0.717) is 0 Å². The van der Waals surface area contributed by atoms with Gasteiger partial charge in [0, 0.05) is 23.8 Å². The predicted molar refractivity (Wildman–Crippen MR) is 104 cm³/mol. The Morgan fingerprint density at radius 1 is 1.12 bits per heavy atom. The van der Waals surface area contributed by atoms with E-state index in [1.807, 2.05) is 17.2 Å². The van der Waals surface area contributed by atoms with Gasteiger partial charge in [-0.15, -0.1) is 11.3 Å². The Labute approximate surface area is 157 Å². The molecule has 2 aromatic heterocycles. The highest BCUT2D eigenvalue weighted by atomic mass is 32.1. The molecule has 4 heteroatoms. The summed E-state index contributed by atoms with van der Waals surface area (Å²) in [5.41, 5.74) is 5.18. The summed E-state index contributed by atoms with van der Waals surface area (Å²) < 4.78 is 0. The summed E-state index contributed by atoms with van der Waals surface area (Å²) in [6.45, 7) is 0.831.